The van der Waals surface area contributed by atoms with Crippen LogP contribution in [-0.4, -0.2) is 51.6 Å². The number of likely N-dealkylation sites (tertiary alicyclic amines) is 1. The molecular weight excluding hydrogens is 306 g/mol. The number of piperidine rings is 1. The SMILES string of the molecule is Cc1noc(-c2cccnc2N2CCC[C@H](N3CCCC3=O)C2)n1. The summed E-state index contributed by atoms with van der Waals surface area (Å²) in [5, 5.41) is 3.88. The number of carbonyl (C=O) groups excluding carboxylic acids is 1. The molecule has 1 amide bonds. The summed E-state index contributed by atoms with van der Waals surface area (Å²) in [6, 6.07) is 4.11. The molecule has 0 unspecified atom stereocenters. The highest BCUT2D eigenvalue weighted by molar-refractivity contribution is 5.78. The Morgan fingerprint density at radius 3 is 2.96 bits per heavy atom. The van der Waals surface area contributed by atoms with Crippen LogP contribution in [-0.2, 0) is 4.79 Å². The molecule has 2 fully saturated rings. The Bertz CT molecular complexity index is 744. The topological polar surface area (TPSA) is 75.4 Å². The van der Waals surface area contributed by atoms with E-state index in [-0.39, 0.29) is 11.9 Å². The third-order valence-electron chi connectivity index (χ3n) is 4.79. The van der Waals surface area contributed by atoms with Crippen LogP contribution in [0.1, 0.15) is 31.5 Å². The molecule has 4 rings (SSSR count). The summed E-state index contributed by atoms with van der Waals surface area (Å²) in [6.45, 7) is 4.42. The molecule has 0 aliphatic carbocycles. The number of aryl methyl sites for hydroxylation is 1. The molecule has 2 aromatic heterocycles. The van der Waals surface area contributed by atoms with Crippen molar-refractivity contribution in [2.24, 2.45) is 0 Å². The van der Waals surface area contributed by atoms with Gasteiger partial charge < -0.3 is 14.3 Å². The Morgan fingerprint density at radius 2 is 2.21 bits per heavy atom. The maximum absolute atomic E-state index is 12.1. The lowest BCUT2D eigenvalue weighted by atomic mass is 10.0. The molecule has 2 aliphatic rings. The standard InChI is InChI=1S/C17H21N5O2/c1-12-19-17(24-20-12)14-6-2-8-18-16(14)21-9-3-5-13(11-21)22-10-4-7-15(22)23/h2,6,8,13H,3-5,7,9-11H2,1H3/t13-/m0/s1. The number of pyridine rings is 1. The molecule has 0 N–H and O–H groups in total. The zero-order valence-corrected chi connectivity index (χ0v) is 13.8. The summed E-state index contributed by atoms with van der Waals surface area (Å²) in [5.74, 6) is 2.25. The first-order chi connectivity index (χ1) is 11.7. The van der Waals surface area contributed by atoms with Crippen LogP contribution in [0.4, 0.5) is 5.82 Å². The van der Waals surface area contributed by atoms with Crippen molar-refractivity contribution in [3.63, 3.8) is 0 Å². The van der Waals surface area contributed by atoms with Crippen LogP contribution >= 0.6 is 0 Å². The summed E-state index contributed by atoms with van der Waals surface area (Å²) in [5.41, 5.74) is 0.853. The Labute approximate surface area is 140 Å². The maximum Gasteiger partial charge on any atom is 0.261 e. The molecule has 0 saturated carbocycles. The molecule has 4 heterocycles. The van der Waals surface area contributed by atoms with E-state index in [1.54, 1.807) is 13.1 Å². The van der Waals surface area contributed by atoms with E-state index in [2.05, 4.69) is 20.0 Å². The molecule has 0 bridgehead atoms. The van der Waals surface area contributed by atoms with Crippen LogP contribution in [0.25, 0.3) is 11.5 Å². The number of aromatic nitrogens is 3. The van der Waals surface area contributed by atoms with Crippen molar-refractivity contribution in [1.29, 1.82) is 0 Å². The zero-order chi connectivity index (χ0) is 16.5. The highest BCUT2D eigenvalue weighted by Crippen LogP contribution is 2.31. The summed E-state index contributed by atoms with van der Waals surface area (Å²) in [4.78, 5) is 25.3. The smallest absolute Gasteiger partial charge is 0.261 e. The largest absolute Gasteiger partial charge is 0.354 e. The van der Waals surface area contributed by atoms with E-state index in [0.717, 1.165) is 50.3 Å². The summed E-state index contributed by atoms with van der Waals surface area (Å²) in [6.07, 6.45) is 5.56. The second kappa shape index (κ2) is 6.22. The number of nitrogens with zero attached hydrogens (tertiary/aromatic N) is 5. The molecule has 126 valence electrons. The minimum absolute atomic E-state index is 0.271. The molecule has 0 spiro atoms. The molecular formula is C17H21N5O2. The van der Waals surface area contributed by atoms with E-state index in [1.165, 1.54) is 0 Å². The van der Waals surface area contributed by atoms with E-state index < -0.39 is 0 Å². The number of amides is 1. The van der Waals surface area contributed by atoms with Gasteiger partial charge in [-0.2, -0.15) is 4.98 Å². The predicted molar refractivity (Wildman–Crippen MR) is 88.4 cm³/mol. The van der Waals surface area contributed by atoms with E-state index in [0.29, 0.717) is 18.1 Å². The van der Waals surface area contributed by atoms with Crippen molar-refractivity contribution in [2.75, 3.05) is 24.5 Å². The van der Waals surface area contributed by atoms with Gasteiger partial charge in [0, 0.05) is 38.3 Å². The highest BCUT2D eigenvalue weighted by Gasteiger charge is 2.32. The van der Waals surface area contributed by atoms with Crippen molar-refractivity contribution >= 4 is 11.7 Å². The van der Waals surface area contributed by atoms with Gasteiger partial charge in [0.15, 0.2) is 5.82 Å². The Hall–Kier alpha value is -2.44. The Morgan fingerprint density at radius 1 is 1.29 bits per heavy atom. The maximum atomic E-state index is 12.1. The first-order valence-electron chi connectivity index (χ1n) is 8.52. The van der Waals surface area contributed by atoms with Crippen molar-refractivity contribution in [3.8, 4) is 11.5 Å². The fraction of sp³-hybridized carbons (Fsp3) is 0.529. The summed E-state index contributed by atoms with van der Waals surface area (Å²) in [7, 11) is 0. The molecule has 2 aliphatic heterocycles. The zero-order valence-electron chi connectivity index (χ0n) is 13.8. The molecule has 7 heteroatoms. The van der Waals surface area contributed by atoms with Gasteiger partial charge in [-0.15, -0.1) is 0 Å². The van der Waals surface area contributed by atoms with E-state index in [1.807, 2.05) is 17.0 Å². The quantitative estimate of drug-likeness (QED) is 0.858. The number of hydrogen-bond acceptors (Lipinski definition) is 6. The normalized spacial score (nSPS) is 21.5. The number of rotatable bonds is 3. The second-order valence-corrected chi connectivity index (χ2v) is 6.45. The number of hydrogen-bond donors (Lipinski definition) is 0. The second-order valence-electron chi connectivity index (χ2n) is 6.45. The highest BCUT2D eigenvalue weighted by atomic mass is 16.5. The molecule has 1 atom stereocenters. The van der Waals surface area contributed by atoms with Gasteiger partial charge >= 0.3 is 0 Å². The van der Waals surface area contributed by atoms with Crippen LogP contribution < -0.4 is 4.90 Å². The van der Waals surface area contributed by atoms with E-state index in [4.69, 9.17) is 4.52 Å². The van der Waals surface area contributed by atoms with Crippen LogP contribution in [0.3, 0.4) is 0 Å². The third-order valence-corrected chi connectivity index (χ3v) is 4.79. The minimum atomic E-state index is 0.271. The van der Waals surface area contributed by atoms with Gasteiger partial charge in [-0.3, -0.25) is 4.79 Å². The summed E-state index contributed by atoms with van der Waals surface area (Å²) < 4.78 is 5.33. The van der Waals surface area contributed by atoms with Crippen molar-refractivity contribution in [3.05, 3.63) is 24.2 Å². The van der Waals surface area contributed by atoms with Crippen molar-refractivity contribution < 1.29 is 9.32 Å². The number of carbonyl (C=O) groups is 1. The lowest BCUT2D eigenvalue weighted by molar-refractivity contribution is -0.129. The van der Waals surface area contributed by atoms with Gasteiger partial charge in [-0.05, 0) is 38.3 Å². The molecule has 2 aromatic rings. The van der Waals surface area contributed by atoms with Gasteiger partial charge in [-0.1, -0.05) is 5.16 Å². The van der Waals surface area contributed by atoms with Crippen molar-refractivity contribution in [1.82, 2.24) is 20.0 Å². The lowest BCUT2D eigenvalue weighted by Gasteiger charge is -2.38. The molecule has 2 saturated heterocycles. The molecule has 0 aromatic carbocycles. The Kier molecular flexibility index (Phi) is 3.92. The van der Waals surface area contributed by atoms with Crippen LogP contribution in [0.2, 0.25) is 0 Å². The van der Waals surface area contributed by atoms with Gasteiger partial charge in [-0.25, -0.2) is 4.98 Å². The number of anilines is 1. The van der Waals surface area contributed by atoms with Crippen LogP contribution in [0.15, 0.2) is 22.9 Å². The van der Waals surface area contributed by atoms with Gasteiger partial charge in [0.2, 0.25) is 5.91 Å². The van der Waals surface area contributed by atoms with Crippen LogP contribution in [0, 0.1) is 6.92 Å². The first-order valence-corrected chi connectivity index (χ1v) is 8.52. The lowest BCUT2D eigenvalue weighted by Crippen LogP contribution is -2.48. The fourth-order valence-corrected chi connectivity index (χ4v) is 3.68. The average Bonchev–Trinajstić information content (AvgIpc) is 3.23. The average molecular weight is 327 g/mol. The molecule has 24 heavy (non-hydrogen) atoms. The van der Waals surface area contributed by atoms with Gasteiger partial charge in [0.25, 0.3) is 5.89 Å². The van der Waals surface area contributed by atoms with Gasteiger partial charge in [0.1, 0.15) is 5.82 Å². The Balaban J connectivity index is 1.60. The molecule has 7 nitrogen and oxygen atoms in total. The summed E-state index contributed by atoms with van der Waals surface area (Å²) >= 11 is 0. The van der Waals surface area contributed by atoms with E-state index in [9.17, 15) is 4.79 Å². The minimum Gasteiger partial charge on any atom is -0.354 e. The fourth-order valence-electron chi connectivity index (χ4n) is 3.68. The molecule has 0 radical (unpaired) electrons. The van der Waals surface area contributed by atoms with Crippen LogP contribution in [0.5, 0.6) is 0 Å². The third kappa shape index (κ3) is 2.74. The first kappa shape index (κ1) is 15.1. The predicted octanol–water partition coefficient (Wildman–Crippen LogP) is 2.03. The van der Waals surface area contributed by atoms with Gasteiger partial charge in [0.05, 0.1) is 5.56 Å². The van der Waals surface area contributed by atoms with E-state index >= 15 is 0 Å². The van der Waals surface area contributed by atoms with Crippen molar-refractivity contribution in [2.45, 2.75) is 38.6 Å². The monoisotopic (exact) mass is 327 g/mol.